The van der Waals surface area contributed by atoms with E-state index in [9.17, 15) is 9.59 Å². The molecular weight excluding hydrogens is 457 g/mol. The highest BCUT2D eigenvalue weighted by Gasteiger charge is 2.34. The molecule has 2 aliphatic rings. The second-order valence-corrected chi connectivity index (χ2v) is 9.87. The molecule has 2 aromatic carbocycles. The minimum absolute atomic E-state index is 0.117. The van der Waals surface area contributed by atoms with Crippen LogP contribution in [0.1, 0.15) is 50.8 Å². The van der Waals surface area contributed by atoms with Crippen LogP contribution in [0.25, 0.3) is 11.6 Å². The van der Waals surface area contributed by atoms with Gasteiger partial charge in [-0.05, 0) is 74.2 Å². The zero-order chi connectivity index (χ0) is 23.9. The molecule has 3 amide bonds. The number of carbonyl (C=O) groups is 2. The standard InChI is InChI=1S/C26H27Cl2N3O2/c1-5-10-31-23-13-21(28)18(11-20(23)16(2)14-26(31,3)4)12-22-24(32)30(25(33)29-22)15-17-6-8-19(27)9-7-17/h6-9,11-14H,5,10,15H2,1-4H3,(H,29,33)/b22-12+. The zero-order valence-electron chi connectivity index (χ0n) is 19.2. The molecule has 0 saturated carbocycles. The molecular formula is C26H27Cl2N3O2. The van der Waals surface area contributed by atoms with E-state index in [-0.39, 0.29) is 23.7 Å². The third-order valence-electron chi connectivity index (χ3n) is 6.06. The van der Waals surface area contributed by atoms with Gasteiger partial charge in [0.25, 0.3) is 5.91 Å². The first-order valence-corrected chi connectivity index (χ1v) is 11.8. The van der Waals surface area contributed by atoms with Crippen molar-refractivity contribution in [3.05, 3.63) is 74.9 Å². The van der Waals surface area contributed by atoms with Gasteiger partial charge in [-0.15, -0.1) is 0 Å². The summed E-state index contributed by atoms with van der Waals surface area (Å²) in [4.78, 5) is 29.0. The van der Waals surface area contributed by atoms with Crippen molar-refractivity contribution in [2.45, 2.75) is 46.2 Å². The number of carbonyl (C=O) groups excluding carboxylic acids is 2. The van der Waals surface area contributed by atoms with Gasteiger partial charge in [0.05, 0.1) is 12.1 Å². The first-order chi connectivity index (χ1) is 15.6. The fraction of sp³-hybridized carbons (Fsp3) is 0.308. The number of allylic oxidation sites excluding steroid dienone is 1. The average Bonchev–Trinajstić information content (AvgIpc) is 3.00. The van der Waals surface area contributed by atoms with Crippen molar-refractivity contribution in [1.82, 2.24) is 10.2 Å². The fourth-order valence-corrected chi connectivity index (χ4v) is 4.84. The Morgan fingerprint density at radius 2 is 1.79 bits per heavy atom. The minimum atomic E-state index is -0.456. The summed E-state index contributed by atoms with van der Waals surface area (Å²) in [7, 11) is 0. The molecule has 1 N–H and O–H groups in total. The van der Waals surface area contributed by atoms with Gasteiger partial charge in [-0.25, -0.2) is 4.79 Å². The van der Waals surface area contributed by atoms with Gasteiger partial charge in [-0.2, -0.15) is 0 Å². The summed E-state index contributed by atoms with van der Waals surface area (Å²) < 4.78 is 0. The third-order valence-corrected chi connectivity index (χ3v) is 6.64. The van der Waals surface area contributed by atoms with Crippen molar-refractivity contribution in [2.75, 3.05) is 11.4 Å². The quantitative estimate of drug-likeness (QED) is 0.390. The summed E-state index contributed by atoms with van der Waals surface area (Å²) >= 11 is 12.6. The number of hydrogen-bond acceptors (Lipinski definition) is 3. The summed E-state index contributed by atoms with van der Waals surface area (Å²) in [5.74, 6) is -0.384. The van der Waals surface area contributed by atoms with Gasteiger partial charge >= 0.3 is 6.03 Å². The number of imide groups is 1. The number of urea groups is 1. The predicted molar refractivity (Wildman–Crippen MR) is 135 cm³/mol. The molecule has 0 aliphatic carbocycles. The second-order valence-electron chi connectivity index (χ2n) is 9.03. The number of rotatable bonds is 5. The van der Waals surface area contributed by atoms with Crippen LogP contribution in [-0.4, -0.2) is 28.9 Å². The molecule has 4 rings (SSSR count). The molecule has 2 aromatic rings. The Morgan fingerprint density at radius 3 is 2.45 bits per heavy atom. The van der Waals surface area contributed by atoms with Crippen molar-refractivity contribution in [3.8, 4) is 0 Å². The van der Waals surface area contributed by atoms with Crippen molar-refractivity contribution in [3.63, 3.8) is 0 Å². The fourth-order valence-electron chi connectivity index (χ4n) is 4.50. The first kappa shape index (κ1) is 23.4. The lowest BCUT2D eigenvalue weighted by atomic mass is 9.87. The van der Waals surface area contributed by atoms with E-state index in [4.69, 9.17) is 23.2 Å². The highest BCUT2D eigenvalue weighted by Crippen LogP contribution is 2.42. The monoisotopic (exact) mass is 483 g/mol. The normalized spacial score (nSPS) is 18.5. The van der Waals surface area contributed by atoms with Gasteiger partial charge in [-0.3, -0.25) is 9.69 Å². The van der Waals surface area contributed by atoms with Crippen molar-refractivity contribution >= 4 is 52.5 Å². The molecule has 7 heteroatoms. The summed E-state index contributed by atoms with van der Waals surface area (Å²) in [6.45, 7) is 9.72. The molecule has 1 fully saturated rings. The van der Waals surface area contributed by atoms with Crippen LogP contribution in [0.4, 0.5) is 10.5 Å². The Hall–Kier alpha value is -2.76. The van der Waals surface area contributed by atoms with Crippen LogP contribution >= 0.6 is 23.2 Å². The third kappa shape index (κ3) is 4.53. The molecule has 172 valence electrons. The molecule has 1 saturated heterocycles. The number of nitrogens with one attached hydrogen (secondary N) is 1. The van der Waals surface area contributed by atoms with E-state index in [1.165, 1.54) is 4.90 Å². The predicted octanol–water partition coefficient (Wildman–Crippen LogP) is 6.50. The van der Waals surface area contributed by atoms with Crippen LogP contribution in [0, 0.1) is 0 Å². The number of nitrogens with zero attached hydrogens (tertiary/aromatic N) is 2. The maximum Gasteiger partial charge on any atom is 0.329 e. The lowest BCUT2D eigenvalue weighted by molar-refractivity contribution is -0.123. The highest BCUT2D eigenvalue weighted by molar-refractivity contribution is 6.33. The number of halogens is 2. The van der Waals surface area contributed by atoms with E-state index in [1.54, 1.807) is 30.3 Å². The van der Waals surface area contributed by atoms with E-state index < -0.39 is 6.03 Å². The van der Waals surface area contributed by atoms with Gasteiger partial charge in [0.1, 0.15) is 5.70 Å². The molecule has 0 unspecified atom stereocenters. The van der Waals surface area contributed by atoms with Gasteiger partial charge in [0, 0.05) is 27.8 Å². The summed E-state index contributed by atoms with van der Waals surface area (Å²) in [5, 5.41) is 3.82. The Balaban J connectivity index is 1.66. The number of benzene rings is 2. The van der Waals surface area contributed by atoms with E-state index in [2.05, 4.69) is 44.0 Å². The molecule has 33 heavy (non-hydrogen) atoms. The highest BCUT2D eigenvalue weighted by atomic mass is 35.5. The Morgan fingerprint density at radius 1 is 1.09 bits per heavy atom. The minimum Gasteiger partial charge on any atom is -0.362 e. The maximum atomic E-state index is 13.0. The molecule has 0 atom stereocenters. The Kier molecular flexibility index (Phi) is 6.30. The van der Waals surface area contributed by atoms with Crippen LogP contribution in [0.2, 0.25) is 10.0 Å². The number of fused-ring (bicyclic) bond motifs is 1. The topological polar surface area (TPSA) is 52.7 Å². The average molecular weight is 484 g/mol. The first-order valence-electron chi connectivity index (χ1n) is 11.0. The number of amides is 3. The summed E-state index contributed by atoms with van der Waals surface area (Å²) in [5.41, 5.74) is 4.91. The maximum absolute atomic E-state index is 13.0. The Bertz CT molecular complexity index is 1180. The number of anilines is 1. The van der Waals surface area contributed by atoms with Gasteiger partial charge in [0.2, 0.25) is 0 Å². The van der Waals surface area contributed by atoms with E-state index in [0.29, 0.717) is 15.6 Å². The zero-order valence-corrected chi connectivity index (χ0v) is 20.7. The van der Waals surface area contributed by atoms with Crippen LogP contribution in [0.5, 0.6) is 0 Å². The molecule has 5 nitrogen and oxygen atoms in total. The molecule has 0 bridgehead atoms. The Labute approximate surface area is 204 Å². The molecule has 2 aliphatic heterocycles. The molecule has 0 spiro atoms. The van der Waals surface area contributed by atoms with Crippen molar-refractivity contribution < 1.29 is 9.59 Å². The van der Waals surface area contributed by atoms with Crippen LogP contribution in [0.15, 0.2) is 48.2 Å². The van der Waals surface area contributed by atoms with E-state index in [0.717, 1.165) is 35.4 Å². The second kappa shape index (κ2) is 8.88. The lowest BCUT2D eigenvalue weighted by Gasteiger charge is -2.43. The largest absolute Gasteiger partial charge is 0.362 e. The SMILES string of the molecule is CCCN1c2cc(Cl)c(/C=C3/NC(=O)N(Cc4ccc(Cl)cc4)C3=O)cc2C(C)=CC1(C)C. The molecule has 2 heterocycles. The van der Waals surface area contributed by atoms with Crippen LogP contribution in [-0.2, 0) is 11.3 Å². The lowest BCUT2D eigenvalue weighted by Crippen LogP contribution is -2.45. The van der Waals surface area contributed by atoms with Gasteiger partial charge in [0.15, 0.2) is 0 Å². The molecule has 0 radical (unpaired) electrons. The summed E-state index contributed by atoms with van der Waals surface area (Å²) in [6.07, 6.45) is 4.93. The van der Waals surface area contributed by atoms with E-state index >= 15 is 0 Å². The number of hydrogen-bond donors (Lipinski definition) is 1. The molecule has 0 aromatic heterocycles. The van der Waals surface area contributed by atoms with Crippen molar-refractivity contribution in [1.29, 1.82) is 0 Å². The summed E-state index contributed by atoms with van der Waals surface area (Å²) in [6, 6.07) is 10.6. The van der Waals surface area contributed by atoms with Gasteiger partial charge in [-0.1, -0.05) is 48.3 Å². The smallest absolute Gasteiger partial charge is 0.329 e. The van der Waals surface area contributed by atoms with Crippen LogP contribution < -0.4 is 10.2 Å². The van der Waals surface area contributed by atoms with Crippen molar-refractivity contribution in [2.24, 2.45) is 0 Å². The van der Waals surface area contributed by atoms with Crippen LogP contribution in [0.3, 0.4) is 0 Å². The van der Waals surface area contributed by atoms with Gasteiger partial charge < -0.3 is 10.2 Å². The van der Waals surface area contributed by atoms with E-state index in [1.807, 2.05) is 12.1 Å².